The summed E-state index contributed by atoms with van der Waals surface area (Å²) >= 11 is 0. The highest BCUT2D eigenvalue weighted by Gasteiger charge is 2.16. The molecule has 1 aromatic heterocycles. The van der Waals surface area contributed by atoms with Crippen LogP contribution in [-0.2, 0) is 12.8 Å². The summed E-state index contributed by atoms with van der Waals surface area (Å²) in [7, 11) is 0. The number of nitrogens with one attached hydrogen (secondary N) is 1. The number of rotatable bonds is 0. The number of aromatic amines is 1. The van der Waals surface area contributed by atoms with Crippen LogP contribution < -0.4 is 0 Å². The van der Waals surface area contributed by atoms with E-state index in [9.17, 15) is 4.39 Å². The van der Waals surface area contributed by atoms with Gasteiger partial charge in [-0.15, -0.1) is 0 Å². The van der Waals surface area contributed by atoms with Gasteiger partial charge in [-0.25, -0.2) is 4.39 Å². The van der Waals surface area contributed by atoms with Gasteiger partial charge in [0.1, 0.15) is 5.82 Å². The van der Waals surface area contributed by atoms with Crippen molar-refractivity contribution in [2.75, 3.05) is 0 Å². The fourth-order valence-electron chi connectivity index (χ4n) is 2.23. The van der Waals surface area contributed by atoms with E-state index in [0.717, 1.165) is 24.6 Å². The van der Waals surface area contributed by atoms with Crippen LogP contribution in [0, 0.1) is 12.2 Å². The first-order valence-corrected chi connectivity index (χ1v) is 4.96. The topological polar surface area (TPSA) is 15.8 Å². The third-order valence-electron chi connectivity index (χ3n) is 2.93. The van der Waals surface area contributed by atoms with E-state index in [1.807, 2.05) is 6.07 Å². The molecule has 14 heavy (non-hydrogen) atoms. The fraction of sp³-hybridized carbons (Fsp3) is 0.250. The van der Waals surface area contributed by atoms with Crippen molar-refractivity contribution in [2.45, 2.75) is 19.3 Å². The average molecular weight is 188 g/mol. The second-order valence-electron chi connectivity index (χ2n) is 3.78. The molecule has 2 aromatic rings. The van der Waals surface area contributed by atoms with Crippen molar-refractivity contribution in [1.29, 1.82) is 0 Å². The lowest BCUT2D eigenvalue weighted by atomic mass is 9.96. The van der Waals surface area contributed by atoms with Gasteiger partial charge in [0.15, 0.2) is 0 Å². The van der Waals surface area contributed by atoms with E-state index >= 15 is 0 Å². The van der Waals surface area contributed by atoms with Crippen LogP contribution in [0.1, 0.15) is 17.7 Å². The Morgan fingerprint density at radius 3 is 3.14 bits per heavy atom. The molecule has 1 aromatic carbocycles. The zero-order chi connectivity index (χ0) is 9.54. The third kappa shape index (κ3) is 0.999. The predicted octanol–water partition coefficient (Wildman–Crippen LogP) is 3.00. The van der Waals surface area contributed by atoms with Gasteiger partial charge in [0.05, 0.1) is 5.52 Å². The summed E-state index contributed by atoms with van der Waals surface area (Å²) in [6, 6.07) is 5.28. The lowest BCUT2D eigenvalue weighted by Crippen LogP contribution is -2.00. The summed E-state index contributed by atoms with van der Waals surface area (Å²) in [6.45, 7) is 0. The van der Waals surface area contributed by atoms with E-state index in [2.05, 4.69) is 11.4 Å². The number of aryl methyl sites for hydroxylation is 1. The van der Waals surface area contributed by atoms with Gasteiger partial charge in [0.25, 0.3) is 0 Å². The van der Waals surface area contributed by atoms with Crippen LogP contribution in [0.3, 0.4) is 0 Å². The van der Waals surface area contributed by atoms with Gasteiger partial charge in [-0.1, -0.05) is 12.1 Å². The van der Waals surface area contributed by atoms with Gasteiger partial charge >= 0.3 is 0 Å². The lowest BCUT2D eigenvalue weighted by Gasteiger charge is -2.09. The minimum atomic E-state index is -0.142. The van der Waals surface area contributed by atoms with Crippen molar-refractivity contribution < 1.29 is 4.39 Å². The van der Waals surface area contributed by atoms with Crippen molar-refractivity contribution in [2.24, 2.45) is 0 Å². The molecule has 0 saturated heterocycles. The quantitative estimate of drug-likeness (QED) is 0.654. The Hall–Kier alpha value is -1.31. The molecule has 0 unspecified atom stereocenters. The second-order valence-corrected chi connectivity index (χ2v) is 3.78. The van der Waals surface area contributed by atoms with Crippen LogP contribution in [0.5, 0.6) is 0 Å². The number of aromatic nitrogens is 1. The fourth-order valence-corrected chi connectivity index (χ4v) is 2.23. The number of fused-ring (bicyclic) bond motifs is 3. The van der Waals surface area contributed by atoms with Crippen molar-refractivity contribution in [3.8, 4) is 0 Å². The van der Waals surface area contributed by atoms with Crippen molar-refractivity contribution in [3.05, 3.63) is 41.7 Å². The molecule has 0 fully saturated rings. The van der Waals surface area contributed by atoms with Crippen molar-refractivity contribution in [3.63, 3.8) is 0 Å². The van der Waals surface area contributed by atoms with E-state index in [1.54, 1.807) is 6.07 Å². The normalized spacial score (nSPS) is 15.8. The number of benzene rings is 1. The second kappa shape index (κ2) is 2.84. The maximum atomic E-state index is 13.4. The van der Waals surface area contributed by atoms with Crippen LogP contribution in [0.15, 0.2) is 18.2 Å². The van der Waals surface area contributed by atoms with E-state index in [4.69, 9.17) is 0 Å². The Morgan fingerprint density at radius 2 is 2.21 bits per heavy atom. The monoisotopic (exact) mass is 188 g/mol. The van der Waals surface area contributed by atoms with Gasteiger partial charge < -0.3 is 4.98 Å². The van der Waals surface area contributed by atoms with E-state index in [0.29, 0.717) is 5.52 Å². The lowest BCUT2D eigenvalue weighted by molar-refractivity contribution is 0.637. The molecule has 0 amide bonds. The molecule has 1 N–H and O–H groups in total. The van der Waals surface area contributed by atoms with Crippen LogP contribution >= 0.6 is 0 Å². The Bertz CT molecular complexity index is 484. The number of hydrogen-bond donors (Lipinski definition) is 1. The van der Waals surface area contributed by atoms with Gasteiger partial charge in [0, 0.05) is 11.1 Å². The van der Waals surface area contributed by atoms with Crippen LogP contribution in [0.25, 0.3) is 10.9 Å². The van der Waals surface area contributed by atoms with Crippen LogP contribution in [0.2, 0.25) is 0 Å². The molecule has 3 rings (SSSR count). The zero-order valence-electron chi connectivity index (χ0n) is 7.81. The SMILES string of the molecule is Fc1cccc2c3c([nH]c12)CC[CH]C3. The number of para-hydroxylation sites is 1. The summed E-state index contributed by atoms with van der Waals surface area (Å²) < 4.78 is 13.4. The predicted molar refractivity (Wildman–Crippen MR) is 54.6 cm³/mol. The molecule has 0 atom stereocenters. The smallest absolute Gasteiger partial charge is 0.147 e. The zero-order valence-corrected chi connectivity index (χ0v) is 7.81. The van der Waals surface area contributed by atoms with Gasteiger partial charge in [-0.2, -0.15) is 0 Å². The Kier molecular flexibility index (Phi) is 1.63. The first kappa shape index (κ1) is 8.04. The number of H-pyrrole nitrogens is 1. The largest absolute Gasteiger partial charge is 0.356 e. The molecule has 1 nitrogen and oxygen atoms in total. The molecule has 0 saturated carbocycles. The maximum Gasteiger partial charge on any atom is 0.147 e. The summed E-state index contributed by atoms with van der Waals surface area (Å²) in [5, 5.41) is 1.05. The molecule has 1 aliphatic rings. The van der Waals surface area contributed by atoms with Crippen molar-refractivity contribution >= 4 is 10.9 Å². The van der Waals surface area contributed by atoms with Crippen LogP contribution in [0.4, 0.5) is 4.39 Å². The molecule has 1 aliphatic carbocycles. The summed E-state index contributed by atoms with van der Waals surface area (Å²) in [6.07, 6.45) is 5.35. The first-order chi connectivity index (χ1) is 6.86. The van der Waals surface area contributed by atoms with Gasteiger partial charge in [-0.3, -0.25) is 0 Å². The molecule has 0 aliphatic heterocycles. The highest BCUT2D eigenvalue weighted by Crippen LogP contribution is 2.29. The molecule has 71 valence electrons. The molecular formula is C12H11FN. The minimum Gasteiger partial charge on any atom is -0.356 e. The Morgan fingerprint density at radius 1 is 1.29 bits per heavy atom. The van der Waals surface area contributed by atoms with E-state index < -0.39 is 0 Å². The van der Waals surface area contributed by atoms with E-state index in [-0.39, 0.29) is 5.82 Å². The summed E-state index contributed by atoms with van der Waals surface area (Å²) in [5.41, 5.74) is 3.17. The summed E-state index contributed by atoms with van der Waals surface area (Å²) in [4.78, 5) is 3.19. The maximum absolute atomic E-state index is 13.4. The molecule has 1 radical (unpaired) electrons. The molecular weight excluding hydrogens is 177 g/mol. The summed E-state index contributed by atoms with van der Waals surface area (Å²) in [5.74, 6) is -0.142. The number of hydrogen-bond acceptors (Lipinski definition) is 0. The highest BCUT2D eigenvalue weighted by atomic mass is 19.1. The van der Waals surface area contributed by atoms with Gasteiger partial charge in [-0.05, 0) is 37.3 Å². The average Bonchev–Trinajstić information content (AvgIpc) is 2.59. The third-order valence-corrected chi connectivity index (χ3v) is 2.93. The Labute approximate surface area is 81.9 Å². The number of halogens is 1. The molecule has 1 heterocycles. The van der Waals surface area contributed by atoms with Crippen LogP contribution in [-0.4, -0.2) is 4.98 Å². The standard InChI is InChI=1S/C12H11FN/c13-10-6-3-5-9-8-4-1-2-7-11(8)14-12(9)10/h1,3,5-6,14H,2,4,7H2. The molecule has 0 bridgehead atoms. The Balaban J connectivity index is 2.36. The van der Waals surface area contributed by atoms with Gasteiger partial charge in [0.2, 0.25) is 0 Å². The first-order valence-electron chi connectivity index (χ1n) is 4.96. The van der Waals surface area contributed by atoms with E-state index in [1.165, 1.54) is 17.3 Å². The highest BCUT2D eigenvalue weighted by molar-refractivity contribution is 5.85. The molecule has 2 heteroatoms. The van der Waals surface area contributed by atoms with Crippen molar-refractivity contribution in [1.82, 2.24) is 4.98 Å². The minimum absolute atomic E-state index is 0.142. The molecule has 0 spiro atoms.